The second-order valence-corrected chi connectivity index (χ2v) is 5.10. The lowest BCUT2D eigenvalue weighted by Gasteiger charge is -2.30. The van der Waals surface area contributed by atoms with Crippen molar-refractivity contribution in [3.63, 3.8) is 0 Å². The Balaban J connectivity index is 2.72. The molecule has 0 aromatic heterocycles. The Morgan fingerprint density at radius 1 is 1.21 bits per heavy atom. The van der Waals surface area contributed by atoms with Crippen LogP contribution in [0.1, 0.15) is 12.0 Å². The summed E-state index contributed by atoms with van der Waals surface area (Å²) in [5.74, 6) is -9.06. The summed E-state index contributed by atoms with van der Waals surface area (Å²) in [7, 11) is 0. The van der Waals surface area contributed by atoms with E-state index in [-0.39, 0.29) is 6.42 Å². The molecule has 1 rings (SSSR count). The van der Waals surface area contributed by atoms with Crippen molar-refractivity contribution in [2.45, 2.75) is 30.8 Å². The van der Waals surface area contributed by atoms with Crippen molar-refractivity contribution in [1.29, 1.82) is 0 Å². The normalized spacial score (nSPS) is 14.2. The molecule has 6 heteroatoms. The van der Waals surface area contributed by atoms with Gasteiger partial charge in [0.25, 0.3) is 0 Å². The van der Waals surface area contributed by atoms with Crippen molar-refractivity contribution in [2.24, 2.45) is 0 Å². The molecule has 19 heavy (non-hydrogen) atoms. The van der Waals surface area contributed by atoms with E-state index in [0.717, 1.165) is 0 Å². The maximum atomic E-state index is 13.5. The molecule has 0 saturated heterocycles. The fourth-order valence-electron chi connectivity index (χ4n) is 1.52. The van der Waals surface area contributed by atoms with Crippen LogP contribution in [0.15, 0.2) is 41.4 Å². The van der Waals surface area contributed by atoms with E-state index in [0.29, 0.717) is 5.56 Å². The van der Waals surface area contributed by atoms with E-state index < -0.39 is 28.9 Å². The maximum Gasteiger partial charge on any atom is 0.343 e. The summed E-state index contributed by atoms with van der Waals surface area (Å²) in [5.41, 5.74) is 0.693. The Labute approximate surface area is 117 Å². The van der Waals surface area contributed by atoms with Crippen LogP contribution in [0.4, 0.5) is 17.6 Å². The molecule has 1 atom stereocenters. The molecule has 0 spiro atoms. The van der Waals surface area contributed by atoms with Gasteiger partial charge in [0.2, 0.25) is 0 Å². The average Bonchev–Trinajstić information content (AvgIpc) is 2.36. The Bertz CT molecular complexity index is 434. The van der Waals surface area contributed by atoms with E-state index in [1.54, 1.807) is 30.3 Å². The van der Waals surface area contributed by atoms with E-state index in [9.17, 15) is 22.7 Å². The lowest BCUT2D eigenvalue weighted by atomic mass is 9.99. The first kappa shape index (κ1) is 16.2. The maximum absolute atomic E-state index is 13.5. The van der Waals surface area contributed by atoms with Crippen molar-refractivity contribution < 1.29 is 22.7 Å². The number of halogens is 5. The number of aryl methyl sites for hydroxylation is 1. The predicted molar refractivity (Wildman–Crippen MR) is 68.7 cm³/mol. The Kier molecular flexibility index (Phi) is 5.15. The highest BCUT2D eigenvalue weighted by molar-refractivity contribution is 9.11. The quantitative estimate of drug-likeness (QED) is 0.771. The summed E-state index contributed by atoms with van der Waals surface area (Å²) in [5, 5.41) is 9.33. The van der Waals surface area contributed by atoms with Gasteiger partial charge in [-0.3, -0.25) is 0 Å². The van der Waals surface area contributed by atoms with Gasteiger partial charge in [-0.05, 0) is 34.3 Å². The van der Waals surface area contributed by atoms with Gasteiger partial charge in [-0.25, -0.2) is 0 Å². The van der Waals surface area contributed by atoms with Gasteiger partial charge >= 0.3 is 11.8 Å². The molecule has 0 heterocycles. The van der Waals surface area contributed by atoms with Crippen LogP contribution in [0.5, 0.6) is 0 Å². The zero-order valence-electron chi connectivity index (χ0n) is 9.92. The summed E-state index contributed by atoms with van der Waals surface area (Å²) in [6.45, 7) is 2.77. The number of hydrogen-bond acceptors (Lipinski definition) is 1. The molecule has 0 fully saturated rings. The van der Waals surface area contributed by atoms with E-state index in [1.165, 1.54) is 0 Å². The van der Waals surface area contributed by atoms with Gasteiger partial charge in [-0.2, -0.15) is 17.6 Å². The van der Waals surface area contributed by atoms with Crippen LogP contribution in [-0.2, 0) is 6.42 Å². The molecule has 1 aromatic rings. The molecule has 0 aliphatic heterocycles. The van der Waals surface area contributed by atoms with Crippen molar-refractivity contribution in [3.05, 3.63) is 47.0 Å². The molecular weight excluding hydrogens is 328 g/mol. The van der Waals surface area contributed by atoms with Gasteiger partial charge in [0.05, 0.1) is 4.48 Å². The molecule has 1 aromatic carbocycles. The standard InChI is InChI=1S/C13H13BrF4O/c1-9(14)12(15,16)13(17,18)11(19)8-7-10-5-3-2-4-6-10/h2-6,11,19H,1,7-8H2. The zero-order chi connectivity index (χ0) is 14.7. The van der Waals surface area contributed by atoms with Gasteiger partial charge in [0.15, 0.2) is 0 Å². The number of aliphatic hydroxyl groups is 1. The highest BCUT2D eigenvalue weighted by Crippen LogP contribution is 2.44. The SMILES string of the molecule is C=C(Br)C(F)(F)C(F)(F)C(O)CCc1ccccc1. The number of hydrogen-bond donors (Lipinski definition) is 1. The fraction of sp³-hybridized carbons (Fsp3) is 0.385. The molecule has 1 N–H and O–H groups in total. The minimum atomic E-state index is -4.57. The number of aliphatic hydroxyl groups excluding tert-OH is 1. The number of alkyl halides is 4. The molecule has 1 unspecified atom stereocenters. The third kappa shape index (κ3) is 3.57. The monoisotopic (exact) mass is 340 g/mol. The molecule has 0 bridgehead atoms. The second kappa shape index (κ2) is 6.05. The molecule has 106 valence electrons. The van der Waals surface area contributed by atoms with Gasteiger partial charge in [-0.1, -0.05) is 36.9 Å². The van der Waals surface area contributed by atoms with Crippen LogP contribution in [0.2, 0.25) is 0 Å². The third-order valence-electron chi connectivity index (χ3n) is 2.73. The van der Waals surface area contributed by atoms with Gasteiger partial charge < -0.3 is 5.11 Å². The average molecular weight is 341 g/mol. The molecule has 0 saturated carbocycles. The number of allylic oxidation sites excluding steroid dienone is 1. The number of benzene rings is 1. The van der Waals surface area contributed by atoms with Crippen LogP contribution in [0.25, 0.3) is 0 Å². The van der Waals surface area contributed by atoms with Crippen LogP contribution in [0, 0.1) is 0 Å². The summed E-state index contributed by atoms with van der Waals surface area (Å²) in [4.78, 5) is 0. The molecule has 1 nitrogen and oxygen atoms in total. The first-order valence-corrected chi connectivity index (χ1v) is 6.31. The molecular formula is C13H13BrF4O. The van der Waals surface area contributed by atoms with Crippen molar-refractivity contribution >= 4 is 15.9 Å². The lowest BCUT2D eigenvalue weighted by molar-refractivity contribution is -0.232. The van der Waals surface area contributed by atoms with E-state index in [1.807, 2.05) is 0 Å². The first-order chi connectivity index (χ1) is 8.69. The lowest BCUT2D eigenvalue weighted by Crippen LogP contribution is -2.49. The number of rotatable bonds is 6. The highest BCUT2D eigenvalue weighted by Gasteiger charge is 2.61. The van der Waals surface area contributed by atoms with Crippen LogP contribution < -0.4 is 0 Å². The van der Waals surface area contributed by atoms with Gasteiger partial charge in [0, 0.05) is 0 Å². The smallest absolute Gasteiger partial charge is 0.343 e. The van der Waals surface area contributed by atoms with Gasteiger partial charge in [0.1, 0.15) is 6.10 Å². The molecule has 0 aliphatic rings. The van der Waals surface area contributed by atoms with E-state index in [2.05, 4.69) is 22.5 Å². The predicted octanol–water partition coefficient (Wildman–Crippen LogP) is 4.16. The summed E-state index contributed by atoms with van der Waals surface area (Å²) >= 11 is 2.26. The Hall–Kier alpha value is -0.880. The molecule has 0 amide bonds. The largest absolute Gasteiger partial charge is 0.387 e. The van der Waals surface area contributed by atoms with Gasteiger partial charge in [-0.15, -0.1) is 0 Å². The van der Waals surface area contributed by atoms with Crippen LogP contribution in [-0.4, -0.2) is 23.1 Å². The van der Waals surface area contributed by atoms with Crippen LogP contribution >= 0.6 is 15.9 Å². The third-order valence-corrected chi connectivity index (χ3v) is 3.23. The summed E-state index contributed by atoms with van der Waals surface area (Å²) in [6.07, 6.45) is -2.83. The van der Waals surface area contributed by atoms with Crippen molar-refractivity contribution in [2.75, 3.05) is 0 Å². The van der Waals surface area contributed by atoms with Crippen LogP contribution in [0.3, 0.4) is 0 Å². The van der Waals surface area contributed by atoms with Crippen molar-refractivity contribution in [1.82, 2.24) is 0 Å². The minimum Gasteiger partial charge on any atom is -0.387 e. The van der Waals surface area contributed by atoms with E-state index in [4.69, 9.17) is 0 Å². The zero-order valence-corrected chi connectivity index (χ0v) is 11.5. The Morgan fingerprint density at radius 2 is 1.74 bits per heavy atom. The van der Waals surface area contributed by atoms with Crippen molar-refractivity contribution in [3.8, 4) is 0 Å². The molecule has 0 radical (unpaired) electrons. The minimum absolute atomic E-state index is 0.0858. The highest BCUT2D eigenvalue weighted by atomic mass is 79.9. The Morgan fingerprint density at radius 3 is 2.21 bits per heavy atom. The molecule has 0 aliphatic carbocycles. The first-order valence-electron chi connectivity index (χ1n) is 5.52. The van der Waals surface area contributed by atoms with E-state index >= 15 is 0 Å². The topological polar surface area (TPSA) is 20.2 Å². The summed E-state index contributed by atoms with van der Waals surface area (Å²) in [6, 6.07) is 8.50. The summed E-state index contributed by atoms with van der Waals surface area (Å²) < 4.78 is 52.3. The fourth-order valence-corrected chi connectivity index (χ4v) is 1.78. The second-order valence-electron chi connectivity index (χ2n) is 4.14.